The predicted molar refractivity (Wildman–Crippen MR) is 62.1 cm³/mol. The SMILES string of the molecule is CNCC1COCCN1C1CCCCC1. The van der Waals surface area contributed by atoms with Gasteiger partial charge in [0.05, 0.1) is 13.2 Å². The lowest BCUT2D eigenvalue weighted by molar-refractivity contribution is -0.0346. The second kappa shape index (κ2) is 5.83. The number of morpholine rings is 1. The Morgan fingerprint density at radius 3 is 2.80 bits per heavy atom. The summed E-state index contributed by atoms with van der Waals surface area (Å²) in [4.78, 5) is 2.69. The van der Waals surface area contributed by atoms with Crippen LogP contribution in [-0.2, 0) is 4.74 Å². The lowest BCUT2D eigenvalue weighted by Crippen LogP contribution is -2.54. The van der Waals surface area contributed by atoms with E-state index in [-0.39, 0.29) is 0 Å². The third-order valence-corrected chi connectivity index (χ3v) is 3.76. The van der Waals surface area contributed by atoms with Gasteiger partial charge in [-0.15, -0.1) is 0 Å². The number of hydrogen-bond donors (Lipinski definition) is 1. The van der Waals surface area contributed by atoms with E-state index in [2.05, 4.69) is 10.2 Å². The van der Waals surface area contributed by atoms with E-state index in [9.17, 15) is 0 Å². The molecular formula is C12H24N2O. The van der Waals surface area contributed by atoms with Gasteiger partial charge in [-0.2, -0.15) is 0 Å². The molecule has 1 heterocycles. The number of nitrogens with zero attached hydrogens (tertiary/aromatic N) is 1. The fourth-order valence-corrected chi connectivity index (χ4v) is 2.97. The Labute approximate surface area is 93.2 Å². The lowest BCUT2D eigenvalue weighted by Gasteiger charge is -2.42. The van der Waals surface area contributed by atoms with Crippen LogP contribution in [-0.4, -0.2) is 50.3 Å². The Morgan fingerprint density at radius 1 is 1.27 bits per heavy atom. The molecule has 0 spiro atoms. The molecule has 0 bridgehead atoms. The Bertz CT molecular complexity index is 168. The highest BCUT2D eigenvalue weighted by molar-refractivity contribution is 4.84. The summed E-state index contributed by atoms with van der Waals surface area (Å²) in [5.41, 5.74) is 0. The summed E-state index contributed by atoms with van der Waals surface area (Å²) >= 11 is 0. The summed E-state index contributed by atoms with van der Waals surface area (Å²) in [6.45, 7) is 4.04. The zero-order valence-electron chi connectivity index (χ0n) is 9.87. The van der Waals surface area contributed by atoms with Crippen molar-refractivity contribution in [2.75, 3.05) is 33.4 Å². The standard InChI is InChI=1S/C12H24N2O/c1-13-9-12-10-15-8-7-14(12)11-5-3-2-4-6-11/h11-13H,2-10H2,1H3. The predicted octanol–water partition coefficient (Wildman–Crippen LogP) is 1.24. The van der Waals surface area contributed by atoms with Crippen LogP contribution in [0.3, 0.4) is 0 Å². The van der Waals surface area contributed by atoms with Crippen molar-refractivity contribution in [1.29, 1.82) is 0 Å². The minimum atomic E-state index is 0.604. The molecule has 1 saturated carbocycles. The molecule has 1 N–H and O–H groups in total. The molecule has 1 aliphatic heterocycles. The molecule has 0 aromatic rings. The third kappa shape index (κ3) is 2.92. The minimum Gasteiger partial charge on any atom is -0.378 e. The molecule has 1 atom stereocenters. The van der Waals surface area contributed by atoms with Crippen LogP contribution >= 0.6 is 0 Å². The van der Waals surface area contributed by atoms with Crippen LogP contribution in [0.25, 0.3) is 0 Å². The van der Waals surface area contributed by atoms with Crippen LogP contribution in [0.15, 0.2) is 0 Å². The molecule has 2 fully saturated rings. The monoisotopic (exact) mass is 212 g/mol. The number of ether oxygens (including phenoxy) is 1. The smallest absolute Gasteiger partial charge is 0.0634 e. The highest BCUT2D eigenvalue weighted by Crippen LogP contribution is 2.25. The second-order valence-electron chi connectivity index (χ2n) is 4.82. The van der Waals surface area contributed by atoms with Crippen LogP contribution in [0.1, 0.15) is 32.1 Å². The summed E-state index contributed by atoms with van der Waals surface area (Å²) in [7, 11) is 2.04. The van der Waals surface area contributed by atoms with Crippen molar-refractivity contribution < 1.29 is 4.74 Å². The molecule has 2 aliphatic rings. The molecule has 0 amide bonds. The van der Waals surface area contributed by atoms with Gasteiger partial charge in [0.25, 0.3) is 0 Å². The maximum absolute atomic E-state index is 5.57. The molecule has 3 nitrogen and oxygen atoms in total. The summed E-state index contributed by atoms with van der Waals surface area (Å²) < 4.78 is 5.57. The Balaban J connectivity index is 1.90. The van der Waals surface area contributed by atoms with Crippen LogP contribution in [0.2, 0.25) is 0 Å². The van der Waals surface area contributed by atoms with E-state index in [0.717, 1.165) is 32.3 Å². The first-order valence-electron chi connectivity index (χ1n) is 6.40. The van der Waals surface area contributed by atoms with Crippen LogP contribution in [0, 0.1) is 0 Å². The van der Waals surface area contributed by atoms with Crippen molar-refractivity contribution in [2.24, 2.45) is 0 Å². The van der Waals surface area contributed by atoms with Crippen molar-refractivity contribution in [3.05, 3.63) is 0 Å². The van der Waals surface area contributed by atoms with Gasteiger partial charge in [-0.3, -0.25) is 4.90 Å². The molecule has 88 valence electrons. The van der Waals surface area contributed by atoms with Gasteiger partial charge >= 0.3 is 0 Å². The lowest BCUT2D eigenvalue weighted by atomic mass is 9.93. The Morgan fingerprint density at radius 2 is 2.07 bits per heavy atom. The average Bonchev–Trinajstić information content (AvgIpc) is 2.31. The highest BCUT2D eigenvalue weighted by Gasteiger charge is 2.29. The van der Waals surface area contributed by atoms with Crippen molar-refractivity contribution in [3.63, 3.8) is 0 Å². The largest absolute Gasteiger partial charge is 0.378 e. The van der Waals surface area contributed by atoms with Crippen LogP contribution < -0.4 is 5.32 Å². The van der Waals surface area contributed by atoms with E-state index in [0.29, 0.717) is 6.04 Å². The Hall–Kier alpha value is -0.120. The fourth-order valence-electron chi connectivity index (χ4n) is 2.97. The first kappa shape index (κ1) is 11.4. The Kier molecular flexibility index (Phi) is 4.42. The summed E-state index contributed by atoms with van der Waals surface area (Å²) in [5, 5.41) is 3.28. The van der Waals surface area contributed by atoms with Crippen molar-refractivity contribution in [3.8, 4) is 0 Å². The highest BCUT2D eigenvalue weighted by atomic mass is 16.5. The van der Waals surface area contributed by atoms with Gasteiger partial charge in [0.2, 0.25) is 0 Å². The molecule has 15 heavy (non-hydrogen) atoms. The van der Waals surface area contributed by atoms with Gasteiger partial charge in [-0.1, -0.05) is 19.3 Å². The van der Waals surface area contributed by atoms with Crippen LogP contribution in [0.4, 0.5) is 0 Å². The number of hydrogen-bond acceptors (Lipinski definition) is 3. The molecule has 0 aromatic carbocycles. The van der Waals surface area contributed by atoms with E-state index in [1.807, 2.05) is 7.05 Å². The van der Waals surface area contributed by atoms with E-state index < -0.39 is 0 Å². The van der Waals surface area contributed by atoms with E-state index in [1.165, 1.54) is 32.1 Å². The van der Waals surface area contributed by atoms with Crippen molar-refractivity contribution in [2.45, 2.75) is 44.2 Å². The summed E-state index contributed by atoms with van der Waals surface area (Å²) in [5.74, 6) is 0. The molecule has 0 aromatic heterocycles. The fraction of sp³-hybridized carbons (Fsp3) is 1.00. The van der Waals surface area contributed by atoms with Gasteiger partial charge in [0, 0.05) is 25.2 Å². The van der Waals surface area contributed by atoms with Gasteiger partial charge in [-0.05, 0) is 19.9 Å². The number of rotatable bonds is 3. The summed E-state index contributed by atoms with van der Waals surface area (Å²) in [6.07, 6.45) is 7.10. The van der Waals surface area contributed by atoms with E-state index in [4.69, 9.17) is 4.74 Å². The first-order valence-corrected chi connectivity index (χ1v) is 6.40. The maximum Gasteiger partial charge on any atom is 0.0634 e. The molecule has 1 aliphatic carbocycles. The molecular weight excluding hydrogens is 188 g/mol. The zero-order valence-corrected chi connectivity index (χ0v) is 9.87. The van der Waals surface area contributed by atoms with Gasteiger partial charge in [0.1, 0.15) is 0 Å². The maximum atomic E-state index is 5.57. The topological polar surface area (TPSA) is 24.5 Å². The molecule has 0 radical (unpaired) electrons. The van der Waals surface area contributed by atoms with Crippen molar-refractivity contribution in [1.82, 2.24) is 10.2 Å². The van der Waals surface area contributed by atoms with Gasteiger partial charge in [-0.25, -0.2) is 0 Å². The third-order valence-electron chi connectivity index (χ3n) is 3.76. The molecule has 1 saturated heterocycles. The zero-order chi connectivity index (χ0) is 10.5. The number of likely N-dealkylation sites (N-methyl/N-ethyl adjacent to an activating group) is 1. The molecule has 1 unspecified atom stereocenters. The molecule has 3 heteroatoms. The van der Waals surface area contributed by atoms with Gasteiger partial charge in [0.15, 0.2) is 0 Å². The van der Waals surface area contributed by atoms with E-state index in [1.54, 1.807) is 0 Å². The summed E-state index contributed by atoms with van der Waals surface area (Å²) in [6, 6.07) is 1.44. The second-order valence-corrected chi connectivity index (χ2v) is 4.82. The first-order chi connectivity index (χ1) is 7.42. The van der Waals surface area contributed by atoms with Gasteiger partial charge < -0.3 is 10.1 Å². The van der Waals surface area contributed by atoms with Crippen LogP contribution in [0.5, 0.6) is 0 Å². The van der Waals surface area contributed by atoms with Crippen molar-refractivity contribution >= 4 is 0 Å². The average molecular weight is 212 g/mol. The molecule has 2 rings (SSSR count). The normalized spacial score (nSPS) is 30.6. The quantitative estimate of drug-likeness (QED) is 0.762. The minimum absolute atomic E-state index is 0.604. The number of nitrogens with one attached hydrogen (secondary N) is 1. The van der Waals surface area contributed by atoms with E-state index >= 15 is 0 Å².